The van der Waals surface area contributed by atoms with Crippen LogP contribution in [0.2, 0.25) is 0 Å². The van der Waals surface area contributed by atoms with Gasteiger partial charge in [0.05, 0.1) is 11.7 Å². The minimum atomic E-state index is -3.39. The third kappa shape index (κ3) is 5.65. The van der Waals surface area contributed by atoms with Crippen molar-refractivity contribution >= 4 is 11.6 Å². The number of rotatable bonds is 10. The maximum Gasteiger partial charge on any atom is 0.293 e. The first kappa shape index (κ1) is 29.7. The summed E-state index contributed by atoms with van der Waals surface area (Å²) in [5, 5.41) is 9.77. The minimum absolute atomic E-state index is 0.0981. The summed E-state index contributed by atoms with van der Waals surface area (Å²) in [6.45, 7) is 3.26. The molecule has 2 aromatic heterocycles. The van der Waals surface area contributed by atoms with Crippen molar-refractivity contribution in [3.05, 3.63) is 101 Å². The Morgan fingerprint density at radius 1 is 1.05 bits per heavy atom. The van der Waals surface area contributed by atoms with E-state index in [0.29, 0.717) is 15.9 Å². The van der Waals surface area contributed by atoms with E-state index in [1.807, 2.05) is 38.1 Å². The van der Waals surface area contributed by atoms with Crippen LogP contribution in [-0.2, 0) is 23.7 Å². The van der Waals surface area contributed by atoms with Crippen molar-refractivity contribution in [1.82, 2.24) is 20.1 Å². The van der Waals surface area contributed by atoms with E-state index in [4.69, 9.17) is 0 Å². The smallest absolute Gasteiger partial charge is 0.293 e. The summed E-state index contributed by atoms with van der Waals surface area (Å²) in [6, 6.07) is 13.2. The number of carbonyl (C=O) groups excluding carboxylic acids is 1. The molecule has 4 aromatic rings. The molecule has 6 nitrogen and oxygen atoms in total. The van der Waals surface area contributed by atoms with Gasteiger partial charge in [-0.1, -0.05) is 18.2 Å². The second-order valence-electron chi connectivity index (χ2n) is 11.6. The lowest BCUT2D eigenvalue weighted by molar-refractivity contribution is -0.123. The van der Waals surface area contributed by atoms with Crippen LogP contribution in [0.5, 0.6) is 0 Å². The Bertz CT molecular complexity index is 1680. The third-order valence-corrected chi connectivity index (χ3v) is 7.98. The Hall–Kier alpha value is -4.35. The van der Waals surface area contributed by atoms with E-state index in [2.05, 4.69) is 20.7 Å². The molecule has 0 spiro atoms. The molecule has 2 heterocycles. The fraction of sp³-hybridized carbons (Fsp3) is 0.344. The number of benzene rings is 2. The number of anilines is 1. The summed E-state index contributed by atoms with van der Waals surface area (Å²) in [4.78, 5) is 17.9. The molecule has 6 rings (SSSR count). The van der Waals surface area contributed by atoms with Gasteiger partial charge in [-0.2, -0.15) is 13.9 Å². The number of carbonyl (C=O) groups is 1. The number of fused-ring (bicyclic) bond motifs is 3. The lowest BCUT2D eigenvalue weighted by atomic mass is 9.95. The molecule has 2 aliphatic carbocycles. The zero-order chi connectivity index (χ0) is 31.3. The molecule has 1 fully saturated rings. The average Bonchev–Trinajstić information content (AvgIpc) is 3.61. The molecule has 44 heavy (non-hydrogen) atoms. The summed E-state index contributed by atoms with van der Waals surface area (Å²) >= 11 is 0. The number of aromatic nitrogens is 3. The predicted molar refractivity (Wildman–Crippen MR) is 151 cm³/mol. The van der Waals surface area contributed by atoms with Crippen LogP contribution in [0.4, 0.5) is 32.0 Å². The van der Waals surface area contributed by atoms with Crippen molar-refractivity contribution in [1.29, 1.82) is 0 Å². The highest BCUT2D eigenvalue weighted by atomic mass is 19.3. The average molecular weight is 614 g/mol. The number of amides is 1. The summed E-state index contributed by atoms with van der Waals surface area (Å²) < 4.78 is 86.5. The number of hydrogen-bond acceptors (Lipinski definition) is 4. The van der Waals surface area contributed by atoms with E-state index < -0.39 is 65.7 Å². The van der Waals surface area contributed by atoms with E-state index in [9.17, 15) is 22.4 Å². The molecular weight excluding hydrogens is 584 g/mol. The Kier molecular flexibility index (Phi) is 7.63. The molecule has 0 saturated heterocycles. The van der Waals surface area contributed by atoms with E-state index in [1.165, 1.54) is 6.20 Å². The largest absolute Gasteiger partial charge is 0.383 e. The SMILES string of the molecule is CC(C)Nc1ccc(-c2cccnc2[C@H](Cc2cc(F)cc(F)c2)NC(=O)Cn2nc(C(F)F)c3c2C(F)(F)C2CC32)cc1. The molecule has 12 heteroatoms. The molecule has 3 atom stereocenters. The van der Waals surface area contributed by atoms with Crippen LogP contribution < -0.4 is 10.6 Å². The topological polar surface area (TPSA) is 71.8 Å². The van der Waals surface area contributed by atoms with Gasteiger partial charge in [0.15, 0.2) is 0 Å². The third-order valence-electron chi connectivity index (χ3n) is 7.98. The fourth-order valence-corrected chi connectivity index (χ4v) is 6.15. The molecule has 1 saturated carbocycles. The molecule has 2 N–H and O–H groups in total. The Balaban J connectivity index is 1.33. The van der Waals surface area contributed by atoms with Gasteiger partial charge in [-0.15, -0.1) is 0 Å². The maximum atomic E-state index is 15.1. The Morgan fingerprint density at radius 3 is 2.41 bits per heavy atom. The molecule has 0 aliphatic heterocycles. The highest BCUT2D eigenvalue weighted by Gasteiger charge is 2.67. The van der Waals surface area contributed by atoms with Gasteiger partial charge in [-0.05, 0) is 74.1 Å². The lowest BCUT2D eigenvalue weighted by Crippen LogP contribution is -2.35. The maximum absolute atomic E-state index is 15.1. The van der Waals surface area contributed by atoms with Gasteiger partial charge >= 0.3 is 0 Å². The highest BCUT2D eigenvalue weighted by molar-refractivity contribution is 5.77. The predicted octanol–water partition coefficient (Wildman–Crippen LogP) is 7.29. The van der Waals surface area contributed by atoms with Crippen molar-refractivity contribution in [2.24, 2.45) is 5.92 Å². The Labute approximate surface area is 249 Å². The monoisotopic (exact) mass is 613 g/mol. The summed E-state index contributed by atoms with van der Waals surface area (Å²) in [5.74, 6) is -7.59. The minimum Gasteiger partial charge on any atom is -0.383 e. The second-order valence-corrected chi connectivity index (χ2v) is 11.6. The summed E-state index contributed by atoms with van der Waals surface area (Å²) in [6.07, 6.45) is -1.57. The fourth-order valence-electron chi connectivity index (χ4n) is 6.15. The van der Waals surface area contributed by atoms with Crippen LogP contribution in [0.25, 0.3) is 11.1 Å². The van der Waals surface area contributed by atoms with Gasteiger partial charge in [0.25, 0.3) is 12.3 Å². The van der Waals surface area contributed by atoms with Gasteiger partial charge in [0.1, 0.15) is 29.6 Å². The van der Waals surface area contributed by atoms with Crippen molar-refractivity contribution in [2.45, 2.75) is 63.6 Å². The number of halogens is 6. The van der Waals surface area contributed by atoms with Crippen molar-refractivity contribution in [3.63, 3.8) is 0 Å². The molecule has 2 aliphatic rings. The quantitative estimate of drug-likeness (QED) is 0.184. The van der Waals surface area contributed by atoms with Crippen LogP contribution >= 0.6 is 0 Å². The van der Waals surface area contributed by atoms with Crippen molar-refractivity contribution in [2.75, 3.05) is 5.32 Å². The lowest BCUT2D eigenvalue weighted by Gasteiger charge is -2.22. The molecule has 0 bridgehead atoms. The summed E-state index contributed by atoms with van der Waals surface area (Å²) in [5.41, 5.74) is 1.28. The van der Waals surface area contributed by atoms with Gasteiger partial charge in [0, 0.05) is 41.0 Å². The number of nitrogens with zero attached hydrogens (tertiary/aromatic N) is 3. The van der Waals surface area contributed by atoms with Gasteiger partial charge in [0.2, 0.25) is 5.91 Å². The van der Waals surface area contributed by atoms with E-state index in [1.54, 1.807) is 12.1 Å². The standard InChI is InChI=1S/C32H29F6N5O/c1-16(2)40-21-7-5-18(6-8-21)22-4-3-9-39-28(22)25(12-17-10-19(33)13-20(34)11-17)41-26(44)15-43-30-27(29(42-43)31(35)36)23-14-24(23)32(30,37)38/h3-11,13,16,23-25,31,40H,12,14-15H2,1-2H3,(H,41,44)/t23?,24?,25-/m0/s1. The first-order chi connectivity index (χ1) is 20.9. The first-order valence-electron chi connectivity index (χ1n) is 14.3. The first-order valence-corrected chi connectivity index (χ1v) is 14.3. The van der Waals surface area contributed by atoms with Crippen LogP contribution in [0, 0.1) is 17.6 Å². The van der Waals surface area contributed by atoms with Crippen LogP contribution in [0.1, 0.15) is 66.9 Å². The van der Waals surface area contributed by atoms with E-state index >= 15 is 8.78 Å². The molecule has 230 valence electrons. The number of nitrogens with one attached hydrogen (secondary N) is 2. The number of hydrogen-bond donors (Lipinski definition) is 2. The van der Waals surface area contributed by atoms with Gasteiger partial charge in [-0.3, -0.25) is 14.5 Å². The van der Waals surface area contributed by atoms with Crippen LogP contribution in [0.3, 0.4) is 0 Å². The van der Waals surface area contributed by atoms with Gasteiger partial charge in [-0.25, -0.2) is 17.6 Å². The van der Waals surface area contributed by atoms with Crippen molar-refractivity contribution < 1.29 is 31.1 Å². The van der Waals surface area contributed by atoms with Crippen LogP contribution in [0.15, 0.2) is 60.8 Å². The molecular formula is C32H29F6N5O. The molecule has 2 aromatic carbocycles. The van der Waals surface area contributed by atoms with E-state index in [0.717, 1.165) is 29.4 Å². The normalized spacial score (nSPS) is 18.7. The summed E-state index contributed by atoms with van der Waals surface area (Å²) in [7, 11) is 0. The second kappa shape index (κ2) is 11.3. The van der Waals surface area contributed by atoms with Gasteiger partial charge < -0.3 is 10.6 Å². The molecule has 2 unspecified atom stereocenters. The molecule has 1 amide bonds. The van der Waals surface area contributed by atoms with E-state index in [-0.39, 0.29) is 30.0 Å². The number of pyridine rings is 1. The van der Waals surface area contributed by atoms with Crippen LogP contribution in [-0.4, -0.2) is 26.7 Å². The Morgan fingerprint density at radius 2 is 1.75 bits per heavy atom. The van der Waals surface area contributed by atoms with Crippen molar-refractivity contribution in [3.8, 4) is 11.1 Å². The zero-order valence-corrected chi connectivity index (χ0v) is 23.8. The number of alkyl halides is 4. The zero-order valence-electron chi connectivity index (χ0n) is 23.8. The molecule has 0 radical (unpaired) electrons. The highest BCUT2D eigenvalue weighted by Crippen LogP contribution is 2.68.